The lowest BCUT2D eigenvalue weighted by molar-refractivity contribution is -0.112. The second kappa shape index (κ2) is 8.30. The standard InChI is InChI=1S/C20H17ClN4O2S/c1-12-8-14(9-15(11-22)19(26)24-20-23-6-7-28-20)13(2)25(12)17-10-16(21)4-5-18(17)27-3/h4-10H,1-3H3,(H,23,24,26)/b15-9-. The summed E-state index contributed by atoms with van der Waals surface area (Å²) in [5, 5.41) is 14.8. The first kappa shape index (κ1) is 19.7. The van der Waals surface area contributed by atoms with Crippen LogP contribution in [0.25, 0.3) is 11.8 Å². The van der Waals surface area contributed by atoms with Crippen molar-refractivity contribution >= 4 is 40.1 Å². The van der Waals surface area contributed by atoms with E-state index < -0.39 is 5.91 Å². The Kier molecular flexibility index (Phi) is 5.83. The number of anilines is 1. The van der Waals surface area contributed by atoms with Crippen LogP contribution in [0.2, 0.25) is 5.02 Å². The van der Waals surface area contributed by atoms with Gasteiger partial charge in [-0.3, -0.25) is 10.1 Å². The third-order valence-corrected chi connectivity index (χ3v) is 5.09. The third kappa shape index (κ3) is 3.93. The molecule has 0 unspecified atom stereocenters. The van der Waals surface area contributed by atoms with Gasteiger partial charge in [0.2, 0.25) is 0 Å². The smallest absolute Gasteiger partial charge is 0.268 e. The Morgan fingerprint density at radius 1 is 1.39 bits per heavy atom. The van der Waals surface area contributed by atoms with Crippen LogP contribution in [0.1, 0.15) is 17.0 Å². The second-order valence-electron chi connectivity index (χ2n) is 5.94. The van der Waals surface area contributed by atoms with Crippen LogP contribution in [0.15, 0.2) is 41.4 Å². The van der Waals surface area contributed by atoms with Crippen molar-refractivity contribution in [3.8, 4) is 17.5 Å². The van der Waals surface area contributed by atoms with Crippen LogP contribution in [0, 0.1) is 25.2 Å². The average molecular weight is 413 g/mol. The highest BCUT2D eigenvalue weighted by molar-refractivity contribution is 7.13. The van der Waals surface area contributed by atoms with E-state index in [0.717, 1.165) is 22.6 Å². The molecule has 2 aromatic heterocycles. The van der Waals surface area contributed by atoms with Gasteiger partial charge in [0, 0.05) is 28.0 Å². The molecule has 28 heavy (non-hydrogen) atoms. The van der Waals surface area contributed by atoms with E-state index in [4.69, 9.17) is 16.3 Å². The first-order valence-corrected chi connectivity index (χ1v) is 9.56. The van der Waals surface area contributed by atoms with E-state index >= 15 is 0 Å². The van der Waals surface area contributed by atoms with Crippen molar-refractivity contribution in [2.45, 2.75) is 13.8 Å². The fourth-order valence-electron chi connectivity index (χ4n) is 2.90. The average Bonchev–Trinajstić information content (AvgIpc) is 3.27. The van der Waals surface area contributed by atoms with Crippen LogP contribution < -0.4 is 10.1 Å². The number of nitriles is 1. The molecule has 0 saturated heterocycles. The van der Waals surface area contributed by atoms with Crippen LogP contribution in [0.3, 0.4) is 0 Å². The first-order valence-electron chi connectivity index (χ1n) is 8.30. The van der Waals surface area contributed by atoms with E-state index in [9.17, 15) is 10.1 Å². The first-order chi connectivity index (χ1) is 13.4. The number of hydrogen-bond donors (Lipinski definition) is 1. The lowest BCUT2D eigenvalue weighted by atomic mass is 10.1. The van der Waals surface area contributed by atoms with Gasteiger partial charge in [0.25, 0.3) is 5.91 Å². The lowest BCUT2D eigenvalue weighted by Gasteiger charge is -2.14. The van der Waals surface area contributed by atoms with Crippen molar-refractivity contribution in [3.05, 3.63) is 63.4 Å². The molecular weight excluding hydrogens is 396 g/mol. The molecule has 0 aliphatic heterocycles. The minimum absolute atomic E-state index is 0.00601. The molecule has 0 spiro atoms. The van der Waals surface area contributed by atoms with E-state index in [1.807, 2.05) is 36.6 Å². The number of thiazole rings is 1. The molecule has 0 saturated carbocycles. The number of methoxy groups -OCH3 is 1. The third-order valence-electron chi connectivity index (χ3n) is 4.17. The molecule has 0 bridgehead atoms. The van der Waals surface area contributed by atoms with E-state index in [0.29, 0.717) is 15.9 Å². The number of carbonyl (C=O) groups is 1. The number of halogens is 1. The summed E-state index contributed by atoms with van der Waals surface area (Å²) in [6.45, 7) is 3.85. The number of benzene rings is 1. The molecule has 1 amide bonds. The number of amides is 1. The van der Waals surface area contributed by atoms with E-state index in [2.05, 4.69) is 10.3 Å². The number of nitrogens with zero attached hydrogens (tertiary/aromatic N) is 3. The van der Waals surface area contributed by atoms with Gasteiger partial charge in [0.1, 0.15) is 17.4 Å². The van der Waals surface area contributed by atoms with E-state index in [-0.39, 0.29) is 5.57 Å². The predicted octanol–water partition coefficient (Wildman–Crippen LogP) is 4.76. The number of carbonyl (C=O) groups excluding carboxylic acids is 1. The summed E-state index contributed by atoms with van der Waals surface area (Å²) < 4.78 is 7.43. The number of aromatic nitrogens is 2. The van der Waals surface area contributed by atoms with Gasteiger partial charge in [0.15, 0.2) is 5.13 Å². The van der Waals surface area contributed by atoms with Crippen molar-refractivity contribution in [3.63, 3.8) is 0 Å². The van der Waals surface area contributed by atoms with Crippen molar-refractivity contribution in [2.75, 3.05) is 12.4 Å². The van der Waals surface area contributed by atoms with Crippen LogP contribution in [-0.4, -0.2) is 22.6 Å². The quantitative estimate of drug-likeness (QED) is 0.484. The molecule has 6 nitrogen and oxygen atoms in total. The Balaban J connectivity index is 2.02. The molecule has 0 fully saturated rings. The molecule has 0 aliphatic carbocycles. The summed E-state index contributed by atoms with van der Waals surface area (Å²) in [5.41, 5.74) is 3.31. The van der Waals surface area contributed by atoms with Gasteiger partial charge in [-0.2, -0.15) is 5.26 Å². The zero-order chi connectivity index (χ0) is 20.3. The van der Waals surface area contributed by atoms with Gasteiger partial charge in [-0.25, -0.2) is 4.98 Å². The number of ether oxygens (including phenoxy) is 1. The lowest BCUT2D eigenvalue weighted by Crippen LogP contribution is -2.13. The maximum Gasteiger partial charge on any atom is 0.268 e. The molecular formula is C20H17ClN4O2S. The Morgan fingerprint density at radius 3 is 2.82 bits per heavy atom. The largest absolute Gasteiger partial charge is 0.495 e. The number of aryl methyl sites for hydroxylation is 1. The zero-order valence-electron chi connectivity index (χ0n) is 15.5. The highest BCUT2D eigenvalue weighted by atomic mass is 35.5. The van der Waals surface area contributed by atoms with Crippen LogP contribution in [0.5, 0.6) is 5.75 Å². The Labute approximate surface area is 171 Å². The predicted molar refractivity (Wildman–Crippen MR) is 111 cm³/mol. The molecule has 0 atom stereocenters. The summed E-state index contributed by atoms with van der Waals surface area (Å²) in [5.74, 6) is 0.173. The van der Waals surface area contributed by atoms with E-state index in [1.54, 1.807) is 36.9 Å². The molecule has 2 heterocycles. The Bertz CT molecular complexity index is 1090. The summed E-state index contributed by atoms with van der Waals surface area (Å²) in [6, 6.07) is 9.24. The zero-order valence-corrected chi connectivity index (χ0v) is 17.1. The molecule has 0 radical (unpaired) electrons. The van der Waals surface area contributed by atoms with Gasteiger partial charge in [-0.1, -0.05) is 11.6 Å². The second-order valence-corrected chi connectivity index (χ2v) is 7.27. The SMILES string of the molecule is COc1ccc(Cl)cc1-n1c(C)cc(/C=C(/C#N)C(=O)Nc2nccs2)c1C. The van der Waals surface area contributed by atoms with Crippen molar-refractivity contribution < 1.29 is 9.53 Å². The van der Waals surface area contributed by atoms with Crippen LogP contribution in [-0.2, 0) is 4.79 Å². The Hall–Kier alpha value is -3.08. The minimum Gasteiger partial charge on any atom is -0.495 e. The highest BCUT2D eigenvalue weighted by Crippen LogP contribution is 2.31. The normalized spacial score (nSPS) is 11.2. The van der Waals surface area contributed by atoms with Gasteiger partial charge in [-0.15, -0.1) is 11.3 Å². The number of hydrogen-bond acceptors (Lipinski definition) is 5. The summed E-state index contributed by atoms with van der Waals surface area (Å²) >= 11 is 7.46. The van der Waals surface area contributed by atoms with E-state index in [1.165, 1.54) is 11.3 Å². The summed E-state index contributed by atoms with van der Waals surface area (Å²) in [4.78, 5) is 16.4. The van der Waals surface area contributed by atoms with Gasteiger partial charge < -0.3 is 9.30 Å². The molecule has 3 aromatic rings. The molecule has 142 valence electrons. The molecule has 3 rings (SSSR count). The maximum absolute atomic E-state index is 12.4. The summed E-state index contributed by atoms with van der Waals surface area (Å²) in [7, 11) is 1.60. The molecule has 8 heteroatoms. The highest BCUT2D eigenvalue weighted by Gasteiger charge is 2.16. The van der Waals surface area contributed by atoms with Crippen molar-refractivity contribution in [1.29, 1.82) is 5.26 Å². The molecule has 1 aromatic carbocycles. The number of rotatable bonds is 5. The van der Waals surface area contributed by atoms with Gasteiger partial charge >= 0.3 is 0 Å². The topological polar surface area (TPSA) is 79.9 Å². The van der Waals surface area contributed by atoms with Gasteiger partial charge in [0.05, 0.1) is 12.8 Å². The van der Waals surface area contributed by atoms with Crippen LogP contribution >= 0.6 is 22.9 Å². The molecule has 0 aliphatic rings. The van der Waals surface area contributed by atoms with Crippen LogP contribution in [0.4, 0.5) is 5.13 Å². The van der Waals surface area contributed by atoms with Crippen molar-refractivity contribution in [1.82, 2.24) is 9.55 Å². The summed E-state index contributed by atoms with van der Waals surface area (Å²) in [6.07, 6.45) is 3.15. The minimum atomic E-state index is -0.498. The Morgan fingerprint density at radius 2 is 2.18 bits per heavy atom. The fourth-order valence-corrected chi connectivity index (χ4v) is 3.59. The maximum atomic E-state index is 12.4. The van der Waals surface area contributed by atoms with Crippen molar-refractivity contribution in [2.24, 2.45) is 0 Å². The fraction of sp³-hybridized carbons (Fsp3) is 0.150. The molecule has 1 N–H and O–H groups in total. The monoisotopic (exact) mass is 412 g/mol. The van der Waals surface area contributed by atoms with Gasteiger partial charge in [-0.05, 0) is 49.8 Å². The number of nitrogens with one attached hydrogen (secondary N) is 1.